The standard InChI is InChI=1S/C13H22N2O/c1-10(2)5-6-15(4)13-7-11(3)14-8-12(13)9-16/h7-8,10,16H,5-6,9H2,1-4H3. The lowest BCUT2D eigenvalue weighted by Gasteiger charge is -2.23. The molecule has 0 fully saturated rings. The normalized spacial score (nSPS) is 10.9. The van der Waals surface area contributed by atoms with Crippen molar-refractivity contribution in [2.75, 3.05) is 18.5 Å². The Balaban J connectivity index is 2.80. The fraction of sp³-hybridized carbons (Fsp3) is 0.615. The van der Waals surface area contributed by atoms with Crippen molar-refractivity contribution in [1.29, 1.82) is 0 Å². The van der Waals surface area contributed by atoms with E-state index in [1.807, 2.05) is 13.0 Å². The summed E-state index contributed by atoms with van der Waals surface area (Å²) in [6.45, 7) is 7.47. The van der Waals surface area contributed by atoms with E-state index in [9.17, 15) is 5.11 Å². The van der Waals surface area contributed by atoms with Gasteiger partial charge >= 0.3 is 0 Å². The molecule has 0 aliphatic rings. The molecule has 0 unspecified atom stereocenters. The van der Waals surface area contributed by atoms with Gasteiger partial charge in [0.05, 0.1) is 6.61 Å². The molecule has 90 valence electrons. The first kappa shape index (κ1) is 13.0. The summed E-state index contributed by atoms with van der Waals surface area (Å²) in [6.07, 6.45) is 2.92. The fourth-order valence-corrected chi connectivity index (χ4v) is 1.62. The van der Waals surface area contributed by atoms with Crippen LogP contribution in [0, 0.1) is 12.8 Å². The van der Waals surface area contributed by atoms with Gasteiger partial charge in [-0.15, -0.1) is 0 Å². The van der Waals surface area contributed by atoms with Crippen molar-refractivity contribution in [2.45, 2.75) is 33.8 Å². The van der Waals surface area contributed by atoms with Gasteiger partial charge in [0.1, 0.15) is 0 Å². The quantitative estimate of drug-likeness (QED) is 0.831. The number of nitrogens with zero attached hydrogens (tertiary/aromatic N) is 2. The van der Waals surface area contributed by atoms with Gasteiger partial charge in [-0.1, -0.05) is 13.8 Å². The van der Waals surface area contributed by atoms with Gasteiger partial charge in [-0.2, -0.15) is 0 Å². The summed E-state index contributed by atoms with van der Waals surface area (Å²) in [5.74, 6) is 0.697. The maximum absolute atomic E-state index is 9.27. The number of anilines is 1. The van der Waals surface area contributed by atoms with Crippen molar-refractivity contribution in [3.8, 4) is 0 Å². The lowest BCUT2D eigenvalue weighted by atomic mass is 10.1. The second kappa shape index (κ2) is 5.85. The number of hydrogen-bond donors (Lipinski definition) is 1. The van der Waals surface area contributed by atoms with Crippen molar-refractivity contribution >= 4 is 5.69 Å². The maximum Gasteiger partial charge on any atom is 0.0717 e. The molecule has 0 aromatic carbocycles. The van der Waals surface area contributed by atoms with Crippen LogP contribution < -0.4 is 4.90 Å². The zero-order valence-electron chi connectivity index (χ0n) is 10.7. The second-order valence-electron chi connectivity index (χ2n) is 4.72. The highest BCUT2D eigenvalue weighted by Gasteiger charge is 2.08. The van der Waals surface area contributed by atoms with E-state index in [2.05, 4.69) is 30.8 Å². The van der Waals surface area contributed by atoms with Crippen LogP contribution in [0.1, 0.15) is 31.5 Å². The minimum absolute atomic E-state index is 0.0502. The van der Waals surface area contributed by atoms with E-state index in [0.29, 0.717) is 5.92 Å². The Morgan fingerprint density at radius 2 is 2.12 bits per heavy atom. The van der Waals surface area contributed by atoms with Crippen LogP contribution in [-0.2, 0) is 6.61 Å². The van der Waals surface area contributed by atoms with E-state index >= 15 is 0 Å². The highest BCUT2D eigenvalue weighted by molar-refractivity contribution is 5.52. The molecule has 0 radical (unpaired) electrons. The first-order chi connectivity index (χ1) is 7.54. The average Bonchev–Trinajstić information content (AvgIpc) is 2.25. The summed E-state index contributed by atoms with van der Waals surface area (Å²) in [5.41, 5.74) is 2.98. The molecule has 0 bridgehead atoms. The van der Waals surface area contributed by atoms with Crippen molar-refractivity contribution in [3.05, 3.63) is 23.5 Å². The summed E-state index contributed by atoms with van der Waals surface area (Å²) in [7, 11) is 2.07. The van der Waals surface area contributed by atoms with E-state index in [0.717, 1.165) is 29.9 Å². The lowest BCUT2D eigenvalue weighted by Crippen LogP contribution is -2.21. The van der Waals surface area contributed by atoms with Crippen LogP contribution >= 0.6 is 0 Å². The third kappa shape index (κ3) is 3.49. The van der Waals surface area contributed by atoms with Gasteiger partial charge in [0.25, 0.3) is 0 Å². The molecule has 0 saturated carbocycles. The number of aromatic nitrogens is 1. The van der Waals surface area contributed by atoms with Gasteiger partial charge in [0.2, 0.25) is 0 Å². The SMILES string of the molecule is Cc1cc(N(C)CCC(C)C)c(CO)cn1. The Labute approximate surface area is 98.1 Å². The Bertz CT molecular complexity index is 337. The molecule has 1 N–H and O–H groups in total. The van der Waals surface area contributed by atoms with Crippen LogP contribution in [0.4, 0.5) is 5.69 Å². The molecule has 0 spiro atoms. The topological polar surface area (TPSA) is 36.4 Å². The summed E-state index contributed by atoms with van der Waals surface area (Å²) < 4.78 is 0. The fourth-order valence-electron chi connectivity index (χ4n) is 1.62. The van der Waals surface area contributed by atoms with Crippen LogP contribution in [0.15, 0.2) is 12.3 Å². The lowest BCUT2D eigenvalue weighted by molar-refractivity contribution is 0.281. The largest absolute Gasteiger partial charge is 0.392 e. The second-order valence-corrected chi connectivity index (χ2v) is 4.72. The molecule has 0 aliphatic carbocycles. The van der Waals surface area contributed by atoms with Gasteiger partial charge in [-0.05, 0) is 25.3 Å². The van der Waals surface area contributed by atoms with Gasteiger partial charge < -0.3 is 10.0 Å². The number of pyridine rings is 1. The molecule has 3 nitrogen and oxygen atoms in total. The Kier molecular flexibility index (Phi) is 4.74. The minimum atomic E-state index is 0.0502. The van der Waals surface area contributed by atoms with Crippen molar-refractivity contribution in [3.63, 3.8) is 0 Å². The van der Waals surface area contributed by atoms with Gasteiger partial charge in [-0.25, -0.2) is 0 Å². The molecule has 1 aromatic heterocycles. The third-order valence-corrected chi connectivity index (χ3v) is 2.72. The number of rotatable bonds is 5. The highest BCUT2D eigenvalue weighted by Crippen LogP contribution is 2.20. The molecule has 1 aromatic rings. The molecule has 0 amide bonds. The predicted molar refractivity (Wildman–Crippen MR) is 67.6 cm³/mol. The molecule has 0 atom stereocenters. The molecular formula is C13H22N2O. The molecule has 0 saturated heterocycles. The smallest absolute Gasteiger partial charge is 0.0717 e. The molecule has 16 heavy (non-hydrogen) atoms. The summed E-state index contributed by atoms with van der Waals surface area (Å²) in [4.78, 5) is 6.40. The summed E-state index contributed by atoms with van der Waals surface area (Å²) >= 11 is 0. The molecule has 3 heteroatoms. The summed E-state index contributed by atoms with van der Waals surface area (Å²) in [5, 5.41) is 9.27. The maximum atomic E-state index is 9.27. The van der Waals surface area contributed by atoms with E-state index < -0.39 is 0 Å². The molecular weight excluding hydrogens is 200 g/mol. The van der Waals surface area contributed by atoms with Crippen molar-refractivity contribution in [2.24, 2.45) is 5.92 Å². The monoisotopic (exact) mass is 222 g/mol. The van der Waals surface area contributed by atoms with Crippen LogP contribution in [0.5, 0.6) is 0 Å². The highest BCUT2D eigenvalue weighted by atomic mass is 16.3. The first-order valence-corrected chi connectivity index (χ1v) is 5.82. The van der Waals surface area contributed by atoms with Crippen molar-refractivity contribution < 1.29 is 5.11 Å². The van der Waals surface area contributed by atoms with E-state index in [-0.39, 0.29) is 6.61 Å². The average molecular weight is 222 g/mol. The Morgan fingerprint density at radius 3 is 2.69 bits per heavy atom. The van der Waals surface area contributed by atoms with E-state index in [4.69, 9.17) is 0 Å². The number of aliphatic hydroxyl groups is 1. The number of aliphatic hydroxyl groups excluding tert-OH is 1. The van der Waals surface area contributed by atoms with Gasteiger partial charge in [-0.3, -0.25) is 4.98 Å². The Morgan fingerprint density at radius 1 is 1.44 bits per heavy atom. The molecule has 1 rings (SSSR count). The van der Waals surface area contributed by atoms with Crippen LogP contribution in [0.25, 0.3) is 0 Å². The van der Waals surface area contributed by atoms with Crippen molar-refractivity contribution in [1.82, 2.24) is 4.98 Å². The number of aryl methyl sites for hydroxylation is 1. The number of hydrogen-bond acceptors (Lipinski definition) is 3. The Hall–Kier alpha value is -1.09. The summed E-state index contributed by atoms with van der Waals surface area (Å²) in [6, 6.07) is 2.03. The van der Waals surface area contributed by atoms with Gasteiger partial charge in [0.15, 0.2) is 0 Å². The van der Waals surface area contributed by atoms with Crippen LogP contribution in [0.2, 0.25) is 0 Å². The zero-order chi connectivity index (χ0) is 12.1. The predicted octanol–water partition coefficient (Wildman–Crippen LogP) is 2.36. The van der Waals surface area contributed by atoms with Gasteiger partial charge in [0, 0.05) is 36.7 Å². The third-order valence-electron chi connectivity index (χ3n) is 2.72. The zero-order valence-corrected chi connectivity index (χ0v) is 10.7. The van der Waals surface area contributed by atoms with Crippen LogP contribution in [-0.4, -0.2) is 23.7 Å². The first-order valence-electron chi connectivity index (χ1n) is 5.82. The minimum Gasteiger partial charge on any atom is -0.392 e. The molecule has 1 heterocycles. The van der Waals surface area contributed by atoms with E-state index in [1.54, 1.807) is 6.20 Å². The van der Waals surface area contributed by atoms with Crippen LogP contribution in [0.3, 0.4) is 0 Å². The van der Waals surface area contributed by atoms with E-state index in [1.165, 1.54) is 0 Å². The molecule has 0 aliphatic heterocycles.